The number of carbonyl (C=O) groups is 1. The molecule has 0 saturated heterocycles. The maximum absolute atomic E-state index is 11.6. The second-order valence-corrected chi connectivity index (χ2v) is 5.32. The molecule has 0 spiro atoms. The number of benzene rings is 1. The lowest BCUT2D eigenvalue weighted by Crippen LogP contribution is -2.24. The third-order valence-electron chi connectivity index (χ3n) is 3.55. The molecule has 126 valence electrons. The Kier molecular flexibility index (Phi) is 6.19. The monoisotopic (exact) mass is 326 g/mol. The second-order valence-electron chi connectivity index (χ2n) is 5.32. The SMILES string of the molecule is Cc1c(C=CCCNC(=O)OCc2ccccc2)cnc(N)c1N. The number of ether oxygens (including phenoxy) is 1. The van der Waals surface area contributed by atoms with Crippen LogP contribution in [0.1, 0.15) is 23.1 Å². The third-order valence-corrected chi connectivity index (χ3v) is 3.55. The van der Waals surface area contributed by atoms with Crippen molar-refractivity contribution in [1.29, 1.82) is 0 Å². The molecule has 1 amide bonds. The number of nitrogens with one attached hydrogen (secondary N) is 1. The number of hydrogen-bond acceptors (Lipinski definition) is 5. The van der Waals surface area contributed by atoms with Gasteiger partial charge in [0.15, 0.2) is 0 Å². The van der Waals surface area contributed by atoms with Crippen LogP contribution in [0.25, 0.3) is 6.08 Å². The van der Waals surface area contributed by atoms with Gasteiger partial charge < -0.3 is 21.5 Å². The van der Waals surface area contributed by atoms with Gasteiger partial charge in [-0.2, -0.15) is 0 Å². The molecule has 5 N–H and O–H groups in total. The summed E-state index contributed by atoms with van der Waals surface area (Å²) in [7, 11) is 0. The molecule has 2 rings (SSSR count). The van der Waals surface area contributed by atoms with Crippen molar-refractivity contribution in [2.24, 2.45) is 0 Å². The lowest BCUT2D eigenvalue weighted by atomic mass is 10.1. The molecule has 0 bridgehead atoms. The molecule has 1 aromatic heterocycles. The standard InChI is InChI=1S/C18H22N4O2/c1-13-15(11-22-17(20)16(13)19)9-5-6-10-21-18(23)24-12-14-7-3-2-4-8-14/h2-5,7-9,11H,6,10,12,19H2,1H3,(H2,20,22)(H,21,23). The summed E-state index contributed by atoms with van der Waals surface area (Å²) in [6, 6.07) is 9.54. The van der Waals surface area contributed by atoms with Gasteiger partial charge in [0.25, 0.3) is 0 Å². The Morgan fingerprint density at radius 3 is 2.79 bits per heavy atom. The first kappa shape index (κ1) is 17.3. The lowest BCUT2D eigenvalue weighted by molar-refractivity contribution is 0.140. The Balaban J connectivity index is 1.71. The summed E-state index contributed by atoms with van der Waals surface area (Å²) in [4.78, 5) is 15.6. The first-order chi connectivity index (χ1) is 11.6. The summed E-state index contributed by atoms with van der Waals surface area (Å²) in [5.74, 6) is 0.340. The average Bonchev–Trinajstić information content (AvgIpc) is 2.60. The summed E-state index contributed by atoms with van der Waals surface area (Å²) in [5, 5.41) is 2.70. The molecule has 0 aliphatic carbocycles. The van der Waals surface area contributed by atoms with Crippen molar-refractivity contribution in [3.63, 3.8) is 0 Å². The third kappa shape index (κ3) is 5.01. The van der Waals surface area contributed by atoms with Crippen LogP contribution < -0.4 is 16.8 Å². The molecule has 0 unspecified atom stereocenters. The number of alkyl carbamates (subject to hydrolysis) is 1. The van der Waals surface area contributed by atoms with Crippen molar-refractivity contribution in [3.05, 3.63) is 59.3 Å². The minimum atomic E-state index is -0.429. The second kappa shape index (κ2) is 8.57. The molecule has 0 atom stereocenters. The highest BCUT2D eigenvalue weighted by molar-refractivity contribution is 5.70. The van der Waals surface area contributed by atoms with Gasteiger partial charge in [-0.15, -0.1) is 0 Å². The highest BCUT2D eigenvalue weighted by Gasteiger charge is 2.04. The molecule has 6 nitrogen and oxygen atoms in total. The zero-order chi connectivity index (χ0) is 17.4. The first-order valence-electron chi connectivity index (χ1n) is 7.69. The number of nitrogens with zero attached hydrogens (tertiary/aromatic N) is 1. The van der Waals surface area contributed by atoms with Gasteiger partial charge in [-0.25, -0.2) is 9.78 Å². The van der Waals surface area contributed by atoms with Gasteiger partial charge in [-0.1, -0.05) is 42.5 Å². The Labute approximate surface area is 141 Å². The molecule has 0 aliphatic heterocycles. The van der Waals surface area contributed by atoms with E-state index in [1.54, 1.807) is 6.20 Å². The highest BCUT2D eigenvalue weighted by Crippen LogP contribution is 2.21. The van der Waals surface area contributed by atoms with Crippen molar-refractivity contribution < 1.29 is 9.53 Å². The van der Waals surface area contributed by atoms with E-state index >= 15 is 0 Å². The van der Waals surface area contributed by atoms with Gasteiger partial charge in [0, 0.05) is 12.7 Å². The zero-order valence-electron chi connectivity index (χ0n) is 13.7. The number of pyridine rings is 1. The predicted octanol–water partition coefficient (Wildman–Crippen LogP) is 2.88. The van der Waals surface area contributed by atoms with Gasteiger partial charge in [0.1, 0.15) is 12.4 Å². The number of amides is 1. The summed E-state index contributed by atoms with van der Waals surface area (Å²) < 4.78 is 5.13. The lowest BCUT2D eigenvalue weighted by Gasteiger charge is -2.07. The number of hydrogen-bond donors (Lipinski definition) is 3. The van der Waals surface area contributed by atoms with Gasteiger partial charge in [-0.05, 0) is 30.0 Å². The molecular weight excluding hydrogens is 304 g/mol. The fourth-order valence-corrected chi connectivity index (χ4v) is 2.06. The van der Waals surface area contributed by atoms with E-state index in [2.05, 4.69) is 10.3 Å². The topological polar surface area (TPSA) is 103 Å². The number of anilines is 2. The van der Waals surface area contributed by atoms with Gasteiger partial charge in [0.05, 0.1) is 5.69 Å². The maximum atomic E-state index is 11.6. The van der Waals surface area contributed by atoms with Gasteiger partial charge in [0.2, 0.25) is 0 Å². The molecular formula is C18H22N4O2. The zero-order valence-corrected chi connectivity index (χ0v) is 13.7. The smallest absolute Gasteiger partial charge is 0.407 e. The molecule has 0 saturated carbocycles. The van der Waals surface area contributed by atoms with Crippen LogP contribution in [0, 0.1) is 6.92 Å². The maximum Gasteiger partial charge on any atom is 0.407 e. The molecule has 1 heterocycles. The largest absolute Gasteiger partial charge is 0.445 e. The molecule has 6 heteroatoms. The minimum absolute atomic E-state index is 0.262. The van der Waals surface area contributed by atoms with Crippen LogP contribution in [0.5, 0.6) is 0 Å². The van der Waals surface area contributed by atoms with E-state index < -0.39 is 6.09 Å². The highest BCUT2D eigenvalue weighted by atomic mass is 16.5. The van der Waals surface area contributed by atoms with E-state index in [0.29, 0.717) is 24.5 Å². The van der Waals surface area contributed by atoms with Crippen molar-refractivity contribution >= 4 is 23.7 Å². The molecule has 0 fully saturated rings. The Hall–Kier alpha value is -3.02. The van der Waals surface area contributed by atoms with E-state index in [1.807, 2.05) is 49.4 Å². The minimum Gasteiger partial charge on any atom is -0.445 e. The predicted molar refractivity (Wildman–Crippen MR) is 96.1 cm³/mol. The fourth-order valence-electron chi connectivity index (χ4n) is 2.06. The van der Waals surface area contributed by atoms with E-state index in [4.69, 9.17) is 16.2 Å². The van der Waals surface area contributed by atoms with E-state index in [9.17, 15) is 4.79 Å². The summed E-state index contributed by atoms with van der Waals surface area (Å²) in [6.07, 6.45) is 5.77. The molecule has 2 aromatic rings. The Bertz CT molecular complexity index is 714. The fraction of sp³-hybridized carbons (Fsp3) is 0.222. The van der Waals surface area contributed by atoms with Crippen molar-refractivity contribution in [2.75, 3.05) is 18.0 Å². The molecule has 24 heavy (non-hydrogen) atoms. The van der Waals surface area contributed by atoms with E-state index in [0.717, 1.165) is 16.7 Å². The van der Waals surface area contributed by atoms with Crippen LogP contribution in [0.2, 0.25) is 0 Å². The van der Waals surface area contributed by atoms with Crippen molar-refractivity contribution in [3.8, 4) is 0 Å². The number of nitrogen functional groups attached to an aromatic ring is 2. The van der Waals surface area contributed by atoms with Crippen LogP contribution in [0.15, 0.2) is 42.6 Å². The van der Waals surface area contributed by atoms with Crippen LogP contribution in [-0.4, -0.2) is 17.6 Å². The van der Waals surface area contributed by atoms with E-state index in [-0.39, 0.29) is 6.61 Å². The summed E-state index contributed by atoms with van der Waals surface area (Å²) in [6.45, 7) is 2.64. The van der Waals surface area contributed by atoms with Crippen LogP contribution in [-0.2, 0) is 11.3 Å². The van der Waals surface area contributed by atoms with Gasteiger partial charge >= 0.3 is 6.09 Å². The van der Waals surface area contributed by atoms with Crippen LogP contribution in [0.3, 0.4) is 0 Å². The van der Waals surface area contributed by atoms with Crippen molar-refractivity contribution in [2.45, 2.75) is 20.0 Å². The van der Waals surface area contributed by atoms with Crippen LogP contribution in [0.4, 0.5) is 16.3 Å². The molecule has 0 aliphatic rings. The molecule has 1 aromatic carbocycles. The average molecular weight is 326 g/mol. The van der Waals surface area contributed by atoms with E-state index in [1.165, 1.54) is 0 Å². The van der Waals surface area contributed by atoms with Crippen molar-refractivity contribution in [1.82, 2.24) is 10.3 Å². The first-order valence-corrected chi connectivity index (χ1v) is 7.69. The van der Waals surface area contributed by atoms with Gasteiger partial charge in [-0.3, -0.25) is 0 Å². The number of aromatic nitrogens is 1. The summed E-state index contributed by atoms with van der Waals surface area (Å²) >= 11 is 0. The summed E-state index contributed by atoms with van der Waals surface area (Å²) in [5.41, 5.74) is 14.7. The molecule has 0 radical (unpaired) electrons. The Morgan fingerprint density at radius 1 is 1.29 bits per heavy atom. The number of rotatable bonds is 6. The quantitative estimate of drug-likeness (QED) is 0.708. The Morgan fingerprint density at radius 2 is 2.04 bits per heavy atom. The van der Waals surface area contributed by atoms with Crippen LogP contribution >= 0.6 is 0 Å². The normalized spacial score (nSPS) is 10.7. The number of carbonyl (C=O) groups excluding carboxylic acids is 1. The number of nitrogens with two attached hydrogens (primary N) is 2.